The second-order valence-electron chi connectivity index (χ2n) is 7.86. The van der Waals surface area contributed by atoms with E-state index in [1.54, 1.807) is 7.11 Å². The van der Waals surface area contributed by atoms with Gasteiger partial charge in [-0.2, -0.15) is 0 Å². The molecule has 1 aromatic carbocycles. The number of ether oxygens (including phenoxy) is 1. The molecule has 5 heteroatoms. The van der Waals surface area contributed by atoms with Gasteiger partial charge in [0.15, 0.2) is 5.65 Å². The lowest BCUT2D eigenvalue weighted by molar-refractivity contribution is 0.0156. The highest BCUT2D eigenvalue weighted by Crippen LogP contribution is 2.39. The molecule has 3 aromatic rings. The van der Waals surface area contributed by atoms with E-state index >= 15 is 0 Å². The fourth-order valence-corrected chi connectivity index (χ4v) is 4.49. The summed E-state index contributed by atoms with van der Waals surface area (Å²) >= 11 is 3.60. The van der Waals surface area contributed by atoms with Crippen molar-refractivity contribution >= 4 is 27.1 Å². The average Bonchev–Trinajstić information content (AvgIpc) is 3.21. The van der Waals surface area contributed by atoms with Crippen molar-refractivity contribution in [2.24, 2.45) is 0 Å². The third-order valence-electron chi connectivity index (χ3n) is 5.82. The quantitative estimate of drug-likeness (QED) is 0.552. The molecule has 0 radical (unpaired) electrons. The smallest absolute Gasteiger partial charge is 0.161 e. The number of halogens is 1. The maximum Gasteiger partial charge on any atom is 0.161 e. The minimum absolute atomic E-state index is 0.292. The number of hydrogen-bond acceptors (Lipinski definition) is 3. The number of hydrogen-bond donors (Lipinski definition) is 0. The van der Waals surface area contributed by atoms with Crippen LogP contribution >= 0.6 is 15.9 Å². The number of nitrogens with zero attached hydrogens (tertiary/aromatic N) is 3. The van der Waals surface area contributed by atoms with Crippen LogP contribution in [0.1, 0.15) is 61.4 Å². The second-order valence-corrected chi connectivity index (χ2v) is 8.78. The molecular weight excluding hydrogens is 402 g/mol. The molecule has 0 N–H and O–H groups in total. The summed E-state index contributed by atoms with van der Waals surface area (Å²) in [7, 11) is 1.74. The third kappa shape index (κ3) is 3.01. The van der Waals surface area contributed by atoms with Gasteiger partial charge in [-0.15, -0.1) is 0 Å². The van der Waals surface area contributed by atoms with Crippen molar-refractivity contribution in [3.8, 4) is 0 Å². The Kier molecular flexibility index (Phi) is 4.63. The van der Waals surface area contributed by atoms with Crippen molar-refractivity contribution in [3.63, 3.8) is 0 Å². The van der Waals surface area contributed by atoms with Crippen LogP contribution in [0.4, 0.5) is 0 Å². The van der Waals surface area contributed by atoms with Crippen LogP contribution in [-0.4, -0.2) is 21.6 Å². The Labute approximate surface area is 169 Å². The lowest BCUT2D eigenvalue weighted by Gasteiger charge is -2.23. The van der Waals surface area contributed by atoms with Crippen LogP contribution in [-0.2, 0) is 23.2 Å². The van der Waals surface area contributed by atoms with Crippen molar-refractivity contribution in [3.05, 3.63) is 56.9 Å². The Balaban J connectivity index is 1.95. The SMILES string of the molecule is CCc1nc2c(C)cc(C(C)(C)OC)nc2n1C1CCc2cc(Br)ccc21. The zero-order chi connectivity index (χ0) is 19.3. The van der Waals surface area contributed by atoms with Gasteiger partial charge in [-0.1, -0.05) is 28.9 Å². The normalized spacial score (nSPS) is 16.9. The fraction of sp³-hybridized carbons (Fsp3) is 0.455. The number of benzene rings is 1. The number of methoxy groups -OCH3 is 1. The molecule has 1 unspecified atom stereocenters. The first kappa shape index (κ1) is 18.6. The van der Waals surface area contributed by atoms with Gasteiger partial charge in [0.2, 0.25) is 0 Å². The molecule has 0 spiro atoms. The maximum atomic E-state index is 5.70. The lowest BCUT2D eigenvalue weighted by atomic mass is 10.0. The van der Waals surface area contributed by atoms with Gasteiger partial charge in [0.25, 0.3) is 0 Å². The van der Waals surface area contributed by atoms with Gasteiger partial charge >= 0.3 is 0 Å². The van der Waals surface area contributed by atoms with Crippen LogP contribution in [0.3, 0.4) is 0 Å². The highest BCUT2D eigenvalue weighted by atomic mass is 79.9. The topological polar surface area (TPSA) is 39.9 Å². The minimum Gasteiger partial charge on any atom is -0.373 e. The van der Waals surface area contributed by atoms with Crippen molar-refractivity contribution in [2.75, 3.05) is 7.11 Å². The summed E-state index contributed by atoms with van der Waals surface area (Å²) in [6, 6.07) is 9.04. The number of rotatable bonds is 4. The van der Waals surface area contributed by atoms with Gasteiger partial charge in [-0.05, 0) is 68.5 Å². The molecular formula is C22H26BrN3O. The van der Waals surface area contributed by atoms with E-state index in [1.807, 2.05) is 0 Å². The molecule has 0 aliphatic heterocycles. The Morgan fingerprint density at radius 1 is 1.26 bits per heavy atom. The first-order valence-corrected chi connectivity index (χ1v) is 10.4. The van der Waals surface area contributed by atoms with Gasteiger partial charge < -0.3 is 9.30 Å². The summed E-state index contributed by atoms with van der Waals surface area (Å²) in [6.07, 6.45) is 3.06. The zero-order valence-electron chi connectivity index (χ0n) is 16.6. The summed E-state index contributed by atoms with van der Waals surface area (Å²) in [5.74, 6) is 1.11. The zero-order valence-corrected chi connectivity index (χ0v) is 18.2. The largest absolute Gasteiger partial charge is 0.373 e. The molecule has 1 aliphatic carbocycles. The lowest BCUT2D eigenvalue weighted by Crippen LogP contribution is -2.22. The maximum absolute atomic E-state index is 5.70. The highest BCUT2D eigenvalue weighted by molar-refractivity contribution is 9.10. The first-order valence-electron chi connectivity index (χ1n) is 9.58. The van der Waals surface area contributed by atoms with Crippen LogP contribution in [0, 0.1) is 6.92 Å². The Morgan fingerprint density at radius 2 is 2.04 bits per heavy atom. The summed E-state index contributed by atoms with van der Waals surface area (Å²) in [6.45, 7) is 8.41. The number of aromatic nitrogens is 3. The van der Waals surface area contributed by atoms with Crippen molar-refractivity contribution < 1.29 is 4.74 Å². The fourth-order valence-electron chi connectivity index (χ4n) is 4.08. The van der Waals surface area contributed by atoms with E-state index in [0.717, 1.165) is 52.0 Å². The first-order chi connectivity index (χ1) is 12.9. The molecule has 0 saturated heterocycles. The van der Waals surface area contributed by atoms with Gasteiger partial charge in [0.1, 0.15) is 16.9 Å². The molecule has 0 amide bonds. The summed E-state index contributed by atoms with van der Waals surface area (Å²) in [4.78, 5) is 10.0. The molecule has 4 rings (SSSR count). The van der Waals surface area contributed by atoms with Gasteiger partial charge in [-0.3, -0.25) is 0 Å². The standard InChI is InChI=1S/C22H26BrN3O/c1-6-19-25-20-13(2)11-18(22(3,4)27-5)24-21(20)26(19)17-10-7-14-12-15(23)8-9-16(14)17/h8-9,11-12,17H,6-7,10H2,1-5H3. The van der Waals surface area contributed by atoms with Gasteiger partial charge in [0, 0.05) is 18.0 Å². The number of aryl methyl sites for hydroxylation is 3. The molecule has 2 aromatic heterocycles. The number of fused-ring (bicyclic) bond motifs is 2. The molecule has 0 saturated carbocycles. The number of imidazole rings is 1. The number of pyridine rings is 1. The van der Waals surface area contributed by atoms with Crippen LogP contribution in [0.25, 0.3) is 11.2 Å². The molecule has 0 fully saturated rings. The molecule has 142 valence electrons. The van der Waals surface area contributed by atoms with Crippen LogP contribution in [0.15, 0.2) is 28.7 Å². The molecule has 1 aliphatic rings. The molecule has 1 atom stereocenters. The van der Waals surface area contributed by atoms with E-state index in [-0.39, 0.29) is 0 Å². The van der Waals surface area contributed by atoms with Gasteiger partial charge in [0.05, 0.1) is 11.7 Å². The Bertz CT molecular complexity index is 1020. The van der Waals surface area contributed by atoms with Gasteiger partial charge in [-0.25, -0.2) is 9.97 Å². The van der Waals surface area contributed by atoms with Crippen LogP contribution in [0.5, 0.6) is 0 Å². The molecule has 0 bridgehead atoms. The predicted octanol–water partition coefficient (Wildman–Crippen LogP) is 5.48. The van der Waals surface area contributed by atoms with E-state index in [9.17, 15) is 0 Å². The van der Waals surface area contributed by atoms with E-state index in [0.29, 0.717) is 6.04 Å². The second kappa shape index (κ2) is 6.71. The monoisotopic (exact) mass is 427 g/mol. The van der Waals surface area contributed by atoms with E-state index in [2.05, 4.69) is 72.5 Å². The summed E-state index contributed by atoms with van der Waals surface area (Å²) in [5.41, 5.74) is 6.47. The molecule has 27 heavy (non-hydrogen) atoms. The van der Waals surface area contributed by atoms with E-state index in [4.69, 9.17) is 14.7 Å². The minimum atomic E-state index is -0.432. The van der Waals surface area contributed by atoms with E-state index < -0.39 is 5.60 Å². The van der Waals surface area contributed by atoms with Crippen molar-refractivity contribution in [1.82, 2.24) is 14.5 Å². The van der Waals surface area contributed by atoms with E-state index in [1.165, 1.54) is 11.1 Å². The third-order valence-corrected chi connectivity index (χ3v) is 6.31. The predicted molar refractivity (Wildman–Crippen MR) is 112 cm³/mol. The Hall–Kier alpha value is -1.72. The summed E-state index contributed by atoms with van der Waals surface area (Å²) < 4.78 is 9.22. The molecule has 4 nitrogen and oxygen atoms in total. The van der Waals surface area contributed by atoms with Crippen LogP contribution in [0.2, 0.25) is 0 Å². The molecule has 2 heterocycles. The van der Waals surface area contributed by atoms with Crippen LogP contribution < -0.4 is 0 Å². The Morgan fingerprint density at radius 3 is 2.74 bits per heavy atom. The highest BCUT2D eigenvalue weighted by Gasteiger charge is 2.30. The van der Waals surface area contributed by atoms with Crippen molar-refractivity contribution in [2.45, 2.75) is 58.6 Å². The summed E-state index contributed by atoms with van der Waals surface area (Å²) in [5, 5.41) is 0. The van der Waals surface area contributed by atoms with Crippen molar-refractivity contribution in [1.29, 1.82) is 0 Å². The average molecular weight is 428 g/mol.